The first-order chi connectivity index (χ1) is 24.9. The standard InChI is InChI=1S/C38H60F3N5O7S/c1-8-21-42-31(49)28(47)25(15-20-38(39,40)41)43-30(48)27-26-24(35(26,5)6)22-46(27)32(50)29(36(7)16-11-9-12-17-36)44-33(51)45-37(18-13-10-14-19-37)23-54(52,53)34(2,3)4/h8,24-27,29H,1,9-23H2,2-7H3,(H,42,49)(H,43,48)(H2,44,45,51)/t24-,25?,26-,27-,29+/m0/s1. The molecule has 5 atom stereocenters. The van der Waals surface area contributed by atoms with Crippen molar-refractivity contribution in [2.75, 3.05) is 18.8 Å². The van der Waals surface area contributed by atoms with Gasteiger partial charge in [0.25, 0.3) is 5.91 Å². The highest BCUT2D eigenvalue weighted by molar-refractivity contribution is 7.92. The average Bonchev–Trinajstić information content (AvgIpc) is 3.36. The number of piperidine rings is 1. The summed E-state index contributed by atoms with van der Waals surface area (Å²) in [6.45, 7) is 14.1. The Labute approximate surface area is 317 Å². The summed E-state index contributed by atoms with van der Waals surface area (Å²) in [7, 11) is -3.64. The van der Waals surface area contributed by atoms with Gasteiger partial charge in [0.2, 0.25) is 17.6 Å². The van der Waals surface area contributed by atoms with E-state index in [1.165, 1.54) is 11.0 Å². The van der Waals surface area contributed by atoms with Gasteiger partial charge in [-0.05, 0) is 75.5 Å². The van der Waals surface area contributed by atoms with Crippen LogP contribution in [-0.4, -0.2) is 96.3 Å². The molecule has 3 aliphatic carbocycles. The number of Topliss-reactive ketones (excluding diaryl/α,β-unsaturated/α-hetero) is 1. The van der Waals surface area contributed by atoms with Gasteiger partial charge in [-0.1, -0.05) is 65.4 Å². The van der Waals surface area contributed by atoms with Gasteiger partial charge in [0, 0.05) is 19.5 Å². The number of rotatable bonds is 14. The lowest BCUT2D eigenvalue weighted by Gasteiger charge is -2.44. The maximum Gasteiger partial charge on any atom is 0.389 e. The Balaban J connectivity index is 1.63. The number of amides is 5. The van der Waals surface area contributed by atoms with Crippen LogP contribution in [0.3, 0.4) is 0 Å². The smallest absolute Gasteiger partial charge is 0.346 e. The number of nitrogens with one attached hydrogen (secondary N) is 4. The Morgan fingerprint density at radius 2 is 1.48 bits per heavy atom. The predicted octanol–water partition coefficient (Wildman–Crippen LogP) is 4.72. The van der Waals surface area contributed by atoms with Gasteiger partial charge < -0.3 is 26.2 Å². The van der Waals surface area contributed by atoms with Crippen molar-refractivity contribution in [2.45, 2.75) is 153 Å². The van der Waals surface area contributed by atoms with Gasteiger partial charge in [-0.2, -0.15) is 13.2 Å². The largest absolute Gasteiger partial charge is 0.389 e. The zero-order chi connectivity index (χ0) is 40.5. The third-order valence-corrected chi connectivity index (χ3v) is 15.3. The Morgan fingerprint density at radius 3 is 2.02 bits per heavy atom. The zero-order valence-electron chi connectivity index (χ0n) is 32.6. The number of hydrogen-bond donors (Lipinski definition) is 4. The van der Waals surface area contributed by atoms with E-state index in [9.17, 15) is 45.6 Å². The summed E-state index contributed by atoms with van der Waals surface area (Å²) in [6.07, 6.45) is 1.35. The molecule has 0 aromatic carbocycles. The topological polar surface area (TPSA) is 171 Å². The number of alkyl halides is 3. The van der Waals surface area contributed by atoms with Crippen LogP contribution >= 0.6 is 0 Å². The van der Waals surface area contributed by atoms with E-state index in [2.05, 4.69) is 27.8 Å². The van der Waals surface area contributed by atoms with Crippen molar-refractivity contribution in [3.63, 3.8) is 0 Å². The number of carbonyl (C=O) groups excluding carboxylic acids is 5. The van der Waals surface area contributed by atoms with Gasteiger partial charge in [0.05, 0.1) is 22.1 Å². The molecule has 306 valence electrons. The molecular formula is C38H60F3N5O7S. The van der Waals surface area contributed by atoms with Crippen LogP contribution < -0.4 is 21.3 Å². The molecular weight excluding hydrogens is 728 g/mol. The molecule has 0 radical (unpaired) electrons. The van der Waals surface area contributed by atoms with Gasteiger partial charge in [-0.3, -0.25) is 19.2 Å². The third kappa shape index (κ3) is 9.79. The van der Waals surface area contributed by atoms with Gasteiger partial charge in [-0.15, -0.1) is 6.58 Å². The molecule has 4 N–H and O–H groups in total. The van der Waals surface area contributed by atoms with Crippen molar-refractivity contribution < 1.29 is 45.6 Å². The number of nitrogens with zero attached hydrogens (tertiary/aromatic N) is 1. The predicted molar refractivity (Wildman–Crippen MR) is 198 cm³/mol. The maximum atomic E-state index is 14.8. The van der Waals surface area contributed by atoms with Gasteiger partial charge in [0.1, 0.15) is 12.1 Å². The lowest BCUT2D eigenvalue weighted by molar-refractivity contribution is -0.148. The number of urea groups is 1. The minimum Gasteiger partial charge on any atom is -0.346 e. The van der Waals surface area contributed by atoms with Crippen LogP contribution in [0.5, 0.6) is 0 Å². The molecule has 1 unspecified atom stereocenters. The summed E-state index contributed by atoms with van der Waals surface area (Å²) < 4.78 is 65.7. The molecule has 4 rings (SSSR count). The molecule has 5 amide bonds. The Kier molecular flexibility index (Phi) is 13.0. The van der Waals surface area contributed by atoms with E-state index < -0.39 is 97.6 Å². The highest BCUT2D eigenvalue weighted by Gasteiger charge is 2.70. The highest BCUT2D eigenvalue weighted by Crippen LogP contribution is 2.65. The summed E-state index contributed by atoms with van der Waals surface area (Å²) >= 11 is 0. The fraction of sp³-hybridized carbons (Fsp3) is 0.816. The number of carbonyl (C=O) groups is 5. The number of sulfone groups is 1. The van der Waals surface area contributed by atoms with Crippen molar-refractivity contribution in [2.24, 2.45) is 22.7 Å². The molecule has 4 aliphatic rings. The molecule has 54 heavy (non-hydrogen) atoms. The van der Waals surface area contributed by atoms with E-state index in [0.717, 1.165) is 38.5 Å². The lowest BCUT2D eigenvalue weighted by Crippen LogP contribution is -2.65. The second-order valence-corrected chi connectivity index (χ2v) is 20.7. The van der Waals surface area contributed by atoms with Crippen LogP contribution in [0.4, 0.5) is 18.0 Å². The summed E-state index contributed by atoms with van der Waals surface area (Å²) in [4.78, 5) is 70.0. The first kappa shape index (κ1) is 43.6. The van der Waals surface area contributed by atoms with Gasteiger partial charge in [-0.25, -0.2) is 13.2 Å². The molecule has 3 saturated carbocycles. The quantitative estimate of drug-likeness (QED) is 0.146. The van der Waals surface area contributed by atoms with E-state index in [-0.39, 0.29) is 30.7 Å². The highest BCUT2D eigenvalue weighted by atomic mass is 32.2. The van der Waals surface area contributed by atoms with Crippen LogP contribution in [0, 0.1) is 22.7 Å². The lowest BCUT2D eigenvalue weighted by atomic mass is 9.70. The van der Waals surface area contributed by atoms with Crippen LogP contribution in [0.2, 0.25) is 0 Å². The molecule has 0 aromatic heterocycles. The summed E-state index contributed by atoms with van der Waals surface area (Å²) in [5, 5.41) is 10.6. The Morgan fingerprint density at radius 1 is 0.907 bits per heavy atom. The van der Waals surface area contributed by atoms with Crippen LogP contribution in [0.25, 0.3) is 0 Å². The molecule has 0 bridgehead atoms. The first-order valence-corrected chi connectivity index (χ1v) is 20.9. The molecule has 0 aromatic rings. The number of likely N-dealkylation sites (tertiary alicyclic amines) is 1. The summed E-state index contributed by atoms with van der Waals surface area (Å²) in [5.74, 6) is -4.54. The second kappa shape index (κ2) is 16.1. The SMILES string of the molecule is C=CCNC(=O)C(=O)C(CCC(F)(F)F)NC(=O)[C@@H]1[C@@H]2[C@H](CN1C(=O)[C@@H](NC(=O)NC1(CS(=O)(=O)C(C)(C)C)CCCCC1)C1(C)CCCCC1)C2(C)C. The fourth-order valence-corrected chi connectivity index (χ4v) is 10.4. The molecule has 16 heteroatoms. The first-order valence-electron chi connectivity index (χ1n) is 19.3. The minimum absolute atomic E-state index is 0.110. The molecule has 1 aliphatic heterocycles. The van der Waals surface area contributed by atoms with Gasteiger partial charge in [0.15, 0.2) is 9.84 Å². The maximum absolute atomic E-state index is 14.8. The Hall–Kier alpha value is -3.17. The van der Waals surface area contributed by atoms with Crippen LogP contribution in [-0.2, 0) is 29.0 Å². The van der Waals surface area contributed by atoms with Crippen molar-refractivity contribution in [1.29, 1.82) is 0 Å². The van der Waals surface area contributed by atoms with Crippen molar-refractivity contribution in [1.82, 2.24) is 26.2 Å². The average molecular weight is 788 g/mol. The van der Waals surface area contributed by atoms with Crippen LogP contribution in [0.1, 0.15) is 119 Å². The van der Waals surface area contributed by atoms with E-state index in [0.29, 0.717) is 25.7 Å². The molecule has 12 nitrogen and oxygen atoms in total. The number of ketones is 1. The van der Waals surface area contributed by atoms with Crippen molar-refractivity contribution in [3.05, 3.63) is 12.7 Å². The Bertz CT molecular complexity index is 1560. The van der Waals surface area contributed by atoms with E-state index in [4.69, 9.17) is 0 Å². The number of hydrogen-bond acceptors (Lipinski definition) is 7. The number of fused-ring (bicyclic) bond motifs is 1. The van der Waals surface area contributed by atoms with Crippen LogP contribution in [0.15, 0.2) is 12.7 Å². The normalized spacial score (nSPS) is 25.6. The molecule has 1 heterocycles. The van der Waals surface area contributed by atoms with Crippen molar-refractivity contribution in [3.8, 4) is 0 Å². The molecule has 0 spiro atoms. The zero-order valence-corrected chi connectivity index (χ0v) is 33.4. The van der Waals surface area contributed by atoms with E-state index in [1.807, 2.05) is 20.8 Å². The van der Waals surface area contributed by atoms with Crippen molar-refractivity contribution >= 4 is 39.4 Å². The molecule has 4 fully saturated rings. The summed E-state index contributed by atoms with van der Waals surface area (Å²) in [5.41, 5.74) is -2.15. The minimum atomic E-state index is -4.66. The monoisotopic (exact) mass is 787 g/mol. The summed E-state index contributed by atoms with van der Waals surface area (Å²) in [6, 6.07) is -4.76. The fourth-order valence-electron chi connectivity index (χ4n) is 8.93. The third-order valence-electron chi connectivity index (χ3n) is 12.5. The van der Waals surface area contributed by atoms with Gasteiger partial charge >= 0.3 is 12.2 Å². The molecule has 1 saturated heterocycles. The van der Waals surface area contributed by atoms with E-state index in [1.54, 1.807) is 20.8 Å². The number of halogens is 3. The second-order valence-electron chi connectivity index (χ2n) is 17.9. The van der Waals surface area contributed by atoms with E-state index >= 15 is 0 Å².